The van der Waals surface area contributed by atoms with Crippen molar-refractivity contribution in [3.05, 3.63) is 58.0 Å². The zero-order valence-corrected chi connectivity index (χ0v) is 10.5. The van der Waals surface area contributed by atoms with E-state index in [9.17, 15) is 0 Å². The summed E-state index contributed by atoms with van der Waals surface area (Å²) in [6.07, 6.45) is 1.64. The van der Waals surface area contributed by atoms with Crippen molar-refractivity contribution in [3.63, 3.8) is 0 Å². The van der Waals surface area contributed by atoms with E-state index in [-0.39, 0.29) is 6.04 Å². The van der Waals surface area contributed by atoms with E-state index >= 15 is 0 Å². The third kappa shape index (κ3) is 2.35. The lowest BCUT2D eigenvalue weighted by Crippen LogP contribution is -2.28. The van der Waals surface area contributed by atoms with Gasteiger partial charge >= 0.3 is 0 Å². The predicted octanol–water partition coefficient (Wildman–Crippen LogP) is 2.90. The lowest BCUT2D eigenvalue weighted by molar-refractivity contribution is 0.452. The fraction of sp³-hybridized carbons (Fsp3) is 0.167. The Morgan fingerprint density at radius 1 is 1.38 bits per heavy atom. The molecule has 0 bridgehead atoms. The second-order valence-corrected chi connectivity index (χ2v) is 4.59. The maximum Gasteiger partial charge on any atom is 0.126 e. The van der Waals surface area contributed by atoms with Crippen molar-refractivity contribution in [1.29, 1.82) is 0 Å². The van der Waals surface area contributed by atoms with Crippen LogP contribution in [0.3, 0.4) is 0 Å². The summed E-state index contributed by atoms with van der Waals surface area (Å²) < 4.78 is 6.40. The molecule has 0 aliphatic rings. The summed E-state index contributed by atoms with van der Waals surface area (Å²) in [4.78, 5) is 0. The molecule has 0 radical (unpaired) electrons. The molecule has 0 aliphatic heterocycles. The molecule has 0 amide bonds. The van der Waals surface area contributed by atoms with Gasteiger partial charge in [-0.3, -0.25) is 5.84 Å². The van der Waals surface area contributed by atoms with Crippen molar-refractivity contribution in [3.8, 4) is 0 Å². The van der Waals surface area contributed by atoms with E-state index in [0.717, 1.165) is 15.8 Å². The molecule has 1 aromatic heterocycles. The van der Waals surface area contributed by atoms with Crippen LogP contribution >= 0.6 is 15.9 Å². The van der Waals surface area contributed by atoms with E-state index in [1.54, 1.807) is 6.26 Å². The van der Waals surface area contributed by atoms with E-state index < -0.39 is 0 Å². The summed E-state index contributed by atoms with van der Waals surface area (Å²) in [5.74, 6) is 6.38. The van der Waals surface area contributed by atoms with Crippen molar-refractivity contribution in [2.24, 2.45) is 5.84 Å². The van der Waals surface area contributed by atoms with Crippen molar-refractivity contribution in [2.45, 2.75) is 13.0 Å². The SMILES string of the molecule is Cc1cc(Br)cc(C(NN)c2ccco2)c1. The number of aryl methyl sites for hydroxylation is 1. The number of hydrogen-bond acceptors (Lipinski definition) is 3. The molecule has 2 rings (SSSR count). The summed E-state index contributed by atoms with van der Waals surface area (Å²) >= 11 is 3.47. The second kappa shape index (κ2) is 4.82. The molecule has 0 saturated carbocycles. The molecule has 4 heteroatoms. The number of hydrogen-bond donors (Lipinski definition) is 2. The molecule has 1 atom stereocenters. The van der Waals surface area contributed by atoms with Gasteiger partial charge in [0, 0.05) is 4.47 Å². The van der Waals surface area contributed by atoms with E-state index in [1.165, 1.54) is 5.56 Å². The Balaban J connectivity index is 2.41. The van der Waals surface area contributed by atoms with Crippen LogP contribution in [0.15, 0.2) is 45.5 Å². The first kappa shape index (κ1) is 11.4. The monoisotopic (exact) mass is 280 g/mol. The van der Waals surface area contributed by atoms with Gasteiger partial charge in [-0.1, -0.05) is 22.0 Å². The molecular formula is C12H13BrN2O. The smallest absolute Gasteiger partial charge is 0.126 e. The Bertz CT molecular complexity index is 448. The summed E-state index contributed by atoms with van der Waals surface area (Å²) in [5, 5.41) is 0. The van der Waals surface area contributed by atoms with E-state index in [2.05, 4.69) is 33.5 Å². The molecule has 0 fully saturated rings. The highest BCUT2D eigenvalue weighted by Gasteiger charge is 2.15. The lowest BCUT2D eigenvalue weighted by Gasteiger charge is -2.14. The lowest BCUT2D eigenvalue weighted by atomic mass is 10.0. The topological polar surface area (TPSA) is 51.2 Å². The number of nitrogens with two attached hydrogens (primary N) is 1. The van der Waals surface area contributed by atoms with Crippen LogP contribution in [-0.4, -0.2) is 0 Å². The normalized spacial score (nSPS) is 12.7. The quantitative estimate of drug-likeness (QED) is 0.672. The van der Waals surface area contributed by atoms with Gasteiger partial charge in [0.1, 0.15) is 11.8 Å². The average Bonchev–Trinajstić information content (AvgIpc) is 2.70. The summed E-state index contributed by atoms with van der Waals surface area (Å²) in [6.45, 7) is 2.05. The fourth-order valence-electron chi connectivity index (χ4n) is 1.73. The number of hydrazine groups is 1. The highest BCUT2D eigenvalue weighted by molar-refractivity contribution is 9.10. The number of benzene rings is 1. The fourth-order valence-corrected chi connectivity index (χ4v) is 2.35. The minimum atomic E-state index is -0.119. The molecule has 1 aromatic carbocycles. The molecule has 0 spiro atoms. The number of nitrogens with one attached hydrogen (secondary N) is 1. The van der Waals surface area contributed by atoms with Gasteiger partial charge in [-0.25, -0.2) is 5.43 Å². The van der Waals surface area contributed by atoms with Crippen LogP contribution in [0.1, 0.15) is 22.9 Å². The Morgan fingerprint density at radius 3 is 2.75 bits per heavy atom. The van der Waals surface area contributed by atoms with Crippen LogP contribution in [-0.2, 0) is 0 Å². The first-order chi connectivity index (χ1) is 7.70. The van der Waals surface area contributed by atoms with Crippen LogP contribution in [0.4, 0.5) is 0 Å². The summed E-state index contributed by atoms with van der Waals surface area (Å²) in [5.41, 5.74) is 5.01. The van der Waals surface area contributed by atoms with Gasteiger partial charge in [-0.05, 0) is 42.3 Å². The van der Waals surface area contributed by atoms with Crippen molar-refractivity contribution in [1.82, 2.24) is 5.43 Å². The molecule has 1 heterocycles. The first-order valence-corrected chi connectivity index (χ1v) is 5.76. The Kier molecular flexibility index (Phi) is 3.43. The van der Waals surface area contributed by atoms with Gasteiger partial charge in [-0.2, -0.15) is 0 Å². The maximum atomic E-state index is 5.57. The molecule has 3 nitrogen and oxygen atoms in total. The van der Waals surface area contributed by atoms with Gasteiger partial charge in [-0.15, -0.1) is 0 Å². The van der Waals surface area contributed by atoms with Crippen LogP contribution in [0.25, 0.3) is 0 Å². The molecular weight excluding hydrogens is 268 g/mol. The molecule has 0 saturated heterocycles. The molecule has 1 unspecified atom stereocenters. The molecule has 2 aromatic rings. The van der Waals surface area contributed by atoms with Crippen LogP contribution < -0.4 is 11.3 Å². The molecule has 3 N–H and O–H groups in total. The van der Waals surface area contributed by atoms with Gasteiger partial charge in [0.05, 0.1) is 6.26 Å². The van der Waals surface area contributed by atoms with Crippen molar-refractivity contribution < 1.29 is 4.42 Å². The van der Waals surface area contributed by atoms with Gasteiger partial charge < -0.3 is 4.42 Å². The minimum Gasteiger partial charge on any atom is -0.467 e. The molecule has 16 heavy (non-hydrogen) atoms. The first-order valence-electron chi connectivity index (χ1n) is 4.97. The van der Waals surface area contributed by atoms with Crippen molar-refractivity contribution in [2.75, 3.05) is 0 Å². The van der Waals surface area contributed by atoms with E-state index in [4.69, 9.17) is 10.3 Å². The van der Waals surface area contributed by atoms with E-state index in [0.29, 0.717) is 0 Å². The van der Waals surface area contributed by atoms with Crippen molar-refractivity contribution >= 4 is 15.9 Å². The third-order valence-corrected chi connectivity index (χ3v) is 2.85. The number of rotatable bonds is 3. The van der Waals surface area contributed by atoms with Gasteiger partial charge in [0.2, 0.25) is 0 Å². The molecule has 0 aliphatic carbocycles. The summed E-state index contributed by atoms with van der Waals surface area (Å²) in [7, 11) is 0. The zero-order valence-electron chi connectivity index (χ0n) is 8.91. The van der Waals surface area contributed by atoms with Crippen LogP contribution in [0, 0.1) is 6.92 Å². The second-order valence-electron chi connectivity index (χ2n) is 3.68. The Hall–Kier alpha value is -1.10. The number of halogens is 1. The number of furan rings is 1. The largest absolute Gasteiger partial charge is 0.467 e. The zero-order chi connectivity index (χ0) is 11.5. The van der Waals surface area contributed by atoms with E-state index in [1.807, 2.05) is 25.1 Å². The summed E-state index contributed by atoms with van der Waals surface area (Å²) in [6, 6.07) is 9.80. The molecule has 84 valence electrons. The minimum absolute atomic E-state index is 0.119. The van der Waals surface area contributed by atoms with Gasteiger partial charge in [0.15, 0.2) is 0 Å². The Morgan fingerprint density at radius 2 is 2.19 bits per heavy atom. The van der Waals surface area contributed by atoms with Crippen LogP contribution in [0.2, 0.25) is 0 Å². The maximum absolute atomic E-state index is 5.57. The predicted molar refractivity (Wildman–Crippen MR) is 66.8 cm³/mol. The standard InChI is InChI=1S/C12H13BrN2O/c1-8-5-9(7-10(13)6-8)12(15-14)11-3-2-4-16-11/h2-7,12,15H,14H2,1H3. The third-order valence-electron chi connectivity index (χ3n) is 2.39. The highest BCUT2D eigenvalue weighted by atomic mass is 79.9. The van der Waals surface area contributed by atoms with Gasteiger partial charge in [0.25, 0.3) is 0 Å². The average molecular weight is 281 g/mol. The Labute approximate surface area is 103 Å². The highest BCUT2D eigenvalue weighted by Crippen LogP contribution is 2.25. The van der Waals surface area contributed by atoms with Crippen LogP contribution in [0.5, 0.6) is 0 Å².